The quantitative estimate of drug-likeness (QED) is 0.921. The molecule has 2 aliphatic heterocycles. The van der Waals surface area contributed by atoms with E-state index in [9.17, 15) is 4.79 Å². The topological polar surface area (TPSA) is 44.8 Å². The van der Waals surface area contributed by atoms with Gasteiger partial charge in [-0.2, -0.15) is 0 Å². The zero-order valence-electron chi connectivity index (χ0n) is 13.9. The van der Waals surface area contributed by atoms with Crippen LogP contribution in [0.1, 0.15) is 12.0 Å². The molecule has 2 aromatic rings. The van der Waals surface area contributed by atoms with Gasteiger partial charge in [0.25, 0.3) is 0 Å². The number of nitrogens with one attached hydrogen (secondary N) is 1. The molecule has 0 aromatic heterocycles. The minimum Gasteiger partial charge on any atom is -0.453 e. The number of ether oxygens (including phenoxy) is 1. The maximum atomic E-state index is 12.3. The number of anilines is 2. The van der Waals surface area contributed by atoms with Crippen molar-refractivity contribution in [2.45, 2.75) is 18.1 Å². The normalized spacial score (nSPS) is 24.5. The van der Waals surface area contributed by atoms with E-state index < -0.39 is 0 Å². The number of likely N-dealkylation sites (tertiary alicyclic amines) is 1. The van der Waals surface area contributed by atoms with Gasteiger partial charge >= 0.3 is 6.09 Å². The lowest BCUT2D eigenvalue weighted by Gasteiger charge is -2.37. The molecule has 0 unspecified atom stereocenters. The van der Waals surface area contributed by atoms with Gasteiger partial charge in [-0.1, -0.05) is 36.4 Å². The Kier molecular flexibility index (Phi) is 3.37. The summed E-state index contributed by atoms with van der Waals surface area (Å²) in [5, 5.41) is 3.72. The smallest absolute Gasteiger partial charge is 0.411 e. The molecule has 0 bridgehead atoms. The van der Waals surface area contributed by atoms with E-state index in [2.05, 4.69) is 40.5 Å². The van der Waals surface area contributed by atoms with Crippen LogP contribution in [0.5, 0.6) is 0 Å². The molecule has 2 aliphatic rings. The maximum Gasteiger partial charge on any atom is 0.411 e. The lowest BCUT2D eigenvalue weighted by Crippen LogP contribution is -2.53. The van der Waals surface area contributed by atoms with Gasteiger partial charge in [0.1, 0.15) is 11.7 Å². The number of benzene rings is 2. The van der Waals surface area contributed by atoms with Crippen molar-refractivity contribution in [2.24, 2.45) is 0 Å². The molecule has 1 N–H and O–H groups in total. The van der Waals surface area contributed by atoms with Gasteiger partial charge in [-0.05, 0) is 24.6 Å². The van der Waals surface area contributed by atoms with Crippen LogP contribution in [-0.4, -0.2) is 37.9 Å². The number of hydrogen-bond donors (Lipinski definition) is 1. The summed E-state index contributed by atoms with van der Waals surface area (Å²) < 4.78 is 5.02. The van der Waals surface area contributed by atoms with Crippen molar-refractivity contribution in [3.63, 3.8) is 0 Å². The highest BCUT2D eigenvalue weighted by molar-refractivity contribution is 5.75. The molecular weight excluding hydrogens is 302 g/mol. The molecule has 1 amide bonds. The molecule has 5 heteroatoms. The van der Waals surface area contributed by atoms with E-state index in [0.29, 0.717) is 6.54 Å². The molecule has 0 aliphatic carbocycles. The number of rotatable bonds is 2. The summed E-state index contributed by atoms with van der Waals surface area (Å²) in [5.74, 6) is 0. The van der Waals surface area contributed by atoms with Crippen molar-refractivity contribution in [2.75, 3.05) is 30.9 Å². The molecule has 5 nitrogen and oxygen atoms in total. The number of nitrogens with zero attached hydrogens (tertiary/aromatic N) is 2. The van der Waals surface area contributed by atoms with E-state index in [1.807, 2.05) is 36.2 Å². The van der Waals surface area contributed by atoms with Crippen LogP contribution in [0.3, 0.4) is 0 Å². The van der Waals surface area contributed by atoms with E-state index >= 15 is 0 Å². The van der Waals surface area contributed by atoms with Crippen molar-refractivity contribution < 1.29 is 9.53 Å². The van der Waals surface area contributed by atoms with Crippen molar-refractivity contribution in [3.05, 3.63) is 60.2 Å². The Balaban J connectivity index is 1.82. The first kappa shape index (κ1) is 14.9. The van der Waals surface area contributed by atoms with Gasteiger partial charge in [-0.3, -0.25) is 4.90 Å². The highest BCUT2D eigenvalue weighted by atomic mass is 16.5. The van der Waals surface area contributed by atoms with Crippen LogP contribution in [0.4, 0.5) is 16.2 Å². The number of methoxy groups -OCH3 is 1. The number of hydrogen-bond acceptors (Lipinski definition) is 4. The molecule has 0 saturated carbocycles. The zero-order chi connectivity index (χ0) is 16.7. The number of carbonyl (C=O) groups excluding carboxylic acids is 1. The second kappa shape index (κ2) is 5.44. The van der Waals surface area contributed by atoms with Gasteiger partial charge in [0, 0.05) is 30.5 Å². The molecular formula is C19H21N3O2. The van der Waals surface area contributed by atoms with E-state index in [-0.39, 0.29) is 17.8 Å². The standard InChI is InChI=1S/C19H21N3O2/c1-21-16-11-7-6-10-15(16)19(20-14-8-4-3-5-9-14)12-13-22(17(19)21)18(23)24-2/h3-11,17,20H,12-13H2,1-2H3/t17-,19+/m0/s1. The molecule has 1 fully saturated rings. The highest BCUT2D eigenvalue weighted by Gasteiger charge is 2.58. The third-order valence-corrected chi connectivity index (χ3v) is 5.16. The third kappa shape index (κ3) is 1.97. The summed E-state index contributed by atoms with van der Waals surface area (Å²) >= 11 is 0. The van der Waals surface area contributed by atoms with Crippen molar-refractivity contribution in [3.8, 4) is 0 Å². The number of para-hydroxylation sites is 2. The number of likely N-dealkylation sites (N-methyl/N-ethyl adjacent to an activating group) is 1. The molecule has 2 heterocycles. The summed E-state index contributed by atoms with van der Waals surface area (Å²) in [6, 6.07) is 18.5. The number of fused-ring (bicyclic) bond motifs is 3. The van der Waals surface area contributed by atoms with Crippen LogP contribution in [0, 0.1) is 0 Å². The van der Waals surface area contributed by atoms with Crippen molar-refractivity contribution in [1.29, 1.82) is 0 Å². The Labute approximate surface area is 141 Å². The number of carbonyl (C=O) groups is 1. The molecule has 124 valence electrons. The monoisotopic (exact) mass is 323 g/mol. The fraction of sp³-hybridized carbons (Fsp3) is 0.316. The third-order valence-electron chi connectivity index (χ3n) is 5.16. The second-order valence-electron chi connectivity index (χ2n) is 6.38. The Hall–Kier alpha value is -2.69. The van der Waals surface area contributed by atoms with E-state index in [0.717, 1.165) is 17.8 Å². The van der Waals surface area contributed by atoms with Gasteiger partial charge in [0.15, 0.2) is 0 Å². The fourth-order valence-corrected chi connectivity index (χ4v) is 4.20. The molecule has 2 aromatic carbocycles. The summed E-state index contributed by atoms with van der Waals surface area (Å²) in [7, 11) is 3.48. The summed E-state index contributed by atoms with van der Waals surface area (Å²) in [6.45, 7) is 0.663. The summed E-state index contributed by atoms with van der Waals surface area (Å²) in [4.78, 5) is 16.3. The molecule has 2 atom stereocenters. The lowest BCUT2D eigenvalue weighted by molar-refractivity contribution is 0.114. The Morgan fingerprint density at radius 3 is 2.62 bits per heavy atom. The molecule has 1 saturated heterocycles. The minimum atomic E-state index is -0.332. The van der Waals surface area contributed by atoms with E-state index in [1.54, 1.807) is 0 Å². The van der Waals surface area contributed by atoms with Gasteiger partial charge in [-0.25, -0.2) is 4.79 Å². The SMILES string of the molecule is COC(=O)N1CC[C@@]2(Nc3ccccc3)c3ccccc3N(C)[C@@H]12. The van der Waals surface area contributed by atoms with Crippen LogP contribution in [0.2, 0.25) is 0 Å². The second-order valence-corrected chi connectivity index (χ2v) is 6.38. The van der Waals surface area contributed by atoms with Crippen molar-refractivity contribution >= 4 is 17.5 Å². The van der Waals surface area contributed by atoms with Gasteiger partial charge < -0.3 is 15.0 Å². The first-order valence-electron chi connectivity index (χ1n) is 8.17. The van der Waals surface area contributed by atoms with E-state index in [1.165, 1.54) is 12.7 Å². The van der Waals surface area contributed by atoms with Crippen LogP contribution in [0.25, 0.3) is 0 Å². The minimum absolute atomic E-state index is 0.109. The lowest BCUT2D eigenvalue weighted by atomic mass is 9.88. The summed E-state index contributed by atoms with van der Waals surface area (Å²) in [6.07, 6.45) is 0.446. The molecule has 4 rings (SSSR count). The molecule has 24 heavy (non-hydrogen) atoms. The van der Waals surface area contributed by atoms with Crippen LogP contribution >= 0.6 is 0 Å². The predicted octanol–water partition coefficient (Wildman–Crippen LogP) is 3.24. The Morgan fingerprint density at radius 2 is 1.88 bits per heavy atom. The van der Waals surface area contributed by atoms with Gasteiger partial charge in [-0.15, -0.1) is 0 Å². The first-order chi connectivity index (χ1) is 11.7. The molecule has 0 radical (unpaired) electrons. The maximum absolute atomic E-state index is 12.3. The van der Waals surface area contributed by atoms with Crippen LogP contribution < -0.4 is 10.2 Å². The Bertz CT molecular complexity index is 764. The fourth-order valence-electron chi connectivity index (χ4n) is 4.20. The van der Waals surface area contributed by atoms with Gasteiger partial charge in [0.05, 0.1) is 7.11 Å². The Morgan fingerprint density at radius 1 is 1.17 bits per heavy atom. The van der Waals surface area contributed by atoms with Gasteiger partial charge in [0.2, 0.25) is 0 Å². The largest absolute Gasteiger partial charge is 0.453 e. The predicted molar refractivity (Wildman–Crippen MR) is 94.1 cm³/mol. The average Bonchev–Trinajstić information content (AvgIpc) is 3.11. The number of amides is 1. The summed E-state index contributed by atoms with van der Waals surface area (Å²) in [5.41, 5.74) is 3.10. The first-order valence-corrected chi connectivity index (χ1v) is 8.17. The zero-order valence-corrected chi connectivity index (χ0v) is 13.9. The van der Waals surface area contributed by atoms with Crippen LogP contribution in [-0.2, 0) is 10.3 Å². The molecule has 0 spiro atoms. The van der Waals surface area contributed by atoms with Crippen LogP contribution in [0.15, 0.2) is 54.6 Å². The average molecular weight is 323 g/mol. The highest BCUT2D eigenvalue weighted by Crippen LogP contribution is 2.51. The van der Waals surface area contributed by atoms with E-state index in [4.69, 9.17) is 4.74 Å². The van der Waals surface area contributed by atoms with Crippen molar-refractivity contribution in [1.82, 2.24) is 4.90 Å².